The molecule has 9 heteroatoms. The molecule has 7 N–H and O–H groups in total. The van der Waals surface area contributed by atoms with E-state index >= 15 is 0 Å². The number of aliphatic carboxylic acids is 1. The summed E-state index contributed by atoms with van der Waals surface area (Å²) in [5.74, 6) is -1.03. The number of carboxylic acids is 1. The van der Waals surface area contributed by atoms with Crippen molar-refractivity contribution in [2.75, 3.05) is 13.2 Å². The van der Waals surface area contributed by atoms with Crippen molar-refractivity contribution in [3.05, 3.63) is 0 Å². The molecule has 0 radical (unpaired) electrons. The molecular formula is C18H35NO8. The minimum absolute atomic E-state index is 0.224. The Morgan fingerprint density at radius 1 is 0.704 bits per heavy atom. The first kappa shape index (κ1) is 25.7. The van der Waals surface area contributed by atoms with E-state index in [9.17, 15) is 30.0 Å². The molecule has 0 bridgehead atoms. The van der Waals surface area contributed by atoms with Gasteiger partial charge in [0.15, 0.2) is 0 Å². The molecule has 4 atom stereocenters. The van der Waals surface area contributed by atoms with Crippen LogP contribution in [0.1, 0.15) is 64.2 Å². The van der Waals surface area contributed by atoms with Crippen molar-refractivity contribution >= 4 is 11.9 Å². The van der Waals surface area contributed by atoms with Crippen molar-refractivity contribution in [1.82, 2.24) is 5.32 Å². The van der Waals surface area contributed by atoms with E-state index in [0.717, 1.165) is 38.5 Å². The topological polar surface area (TPSA) is 168 Å². The number of aliphatic hydroxyl groups excluding tert-OH is 5. The first-order valence-corrected chi connectivity index (χ1v) is 9.61. The lowest BCUT2D eigenvalue weighted by atomic mass is 10.0. The molecule has 160 valence electrons. The molecule has 0 aromatic heterocycles. The van der Waals surface area contributed by atoms with Gasteiger partial charge < -0.3 is 36.0 Å². The standard InChI is InChI=1S/C18H35NO8/c20-12-14(22)18(27)17(26)13(21)11-19-15(23)9-7-5-3-1-2-4-6-8-10-16(24)25/h13-14,17-18,20-22,26-27H,1-12H2,(H,19,23)(H,24,25)/t13-,14+,17+,18+/m0/s1. The minimum Gasteiger partial charge on any atom is -0.481 e. The molecule has 0 saturated carbocycles. The lowest BCUT2D eigenvalue weighted by molar-refractivity contribution is -0.137. The number of unbranched alkanes of at least 4 members (excludes halogenated alkanes) is 7. The third kappa shape index (κ3) is 13.5. The van der Waals surface area contributed by atoms with Crippen LogP contribution >= 0.6 is 0 Å². The van der Waals surface area contributed by atoms with Gasteiger partial charge in [-0.15, -0.1) is 0 Å². The molecule has 0 aliphatic carbocycles. The second kappa shape index (κ2) is 15.8. The summed E-state index contributed by atoms with van der Waals surface area (Å²) in [7, 11) is 0. The van der Waals surface area contributed by atoms with Gasteiger partial charge in [-0.3, -0.25) is 9.59 Å². The maximum atomic E-state index is 11.7. The van der Waals surface area contributed by atoms with E-state index in [0.29, 0.717) is 19.3 Å². The number of hydrogen-bond acceptors (Lipinski definition) is 7. The number of aliphatic hydroxyl groups is 5. The fraction of sp³-hybridized carbons (Fsp3) is 0.889. The SMILES string of the molecule is O=C(O)CCCCCCCCCCC(=O)NC[C@H](O)[C@@H](O)[C@H](O)[C@H](O)CO. The van der Waals surface area contributed by atoms with Gasteiger partial charge in [0.05, 0.1) is 12.7 Å². The average Bonchev–Trinajstić information content (AvgIpc) is 2.65. The van der Waals surface area contributed by atoms with Crippen molar-refractivity contribution < 1.29 is 40.2 Å². The van der Waals surface area contributed by atoms with Crippen LogP contribution in [0, 0.1) is 0 Å². The van der Waals surface area contributed by atoms with Crippen LogP contribution in [0.25, 0.3) is 0 Å². The van der Waals surface area contributed by atoms with Crippen LogP contribution in [-0.2, 0) is 9.59 Å². The lowest BCUT2D eigenvalue weighted by Gasteiger charge is -2.25. The summed E-state index contributed by atoms with van der Waals surface area (Å²) in [5.41, 5.74) is 0. The zero-order valence-electron chi connectivity index (χ0n) is 15.8. The highest BCUT2D eigenvalue weighted by atomic mass is 16.4. The Labute approximate surface area is 160 Å². The number of carbonyl (C=O) groups is 2. The Kier molecular flexibility index (Phi) is 15.0. The molecule has 0 heterocycles. The maximum absolute atomic E-state index is 11.7. The van der Waals surface area contributed by atoms with Crippen LogP contribution in [0.2, 0.25) is 0 Å². The number of hydrogen-bond donors (Lipinski definition) is 7. The van der Waals surface area contributed by atoms with Crippen molar-refractivity contribution in [3.63, 3.8) is 0 Å². The second-order valence-electron chi connectivity index (χ2n) is 6.82. The van der Waals surface area contributed by atoms with Crippen LogP contribution in [0.15, 0.2) is 0 Å². The molecule has 0 aromatic rings. The second-order valence-corrected chi connectivity index (χ2v) is 6.82. The van der Waals surface area contributed by atoms with E-state index in [-0.39, 0.29) is 18.9 Å². The minimum atomic E-state index is -1.70. The predicted octanol–water partition coefficient (Wildman–Crippen LogP) is -0.476. The van der Waals surface area contributed by atoms with E-state index in [1.54, 1.807) is 0 Å². The van der Waals surface area contributed by atoms with Crippen LogP contribution in [0.3, 0.4) is 0 Å². The van der Waals surface area contributed by atoms with E-state index < -0.39 is 37.0 Å². The molecular weight excluding hydrogens is 358 g/mol. The highest BCUT2D eigenvalue weighted by molar-refractivity contribution is 5.75. The first-order chi connectivity index (χ1) is 12.8. The molecule has 0 rings (SSSR count). The third-order valence-corrected chi connectivity index (χ3v) is 4.38. The molecule has 27 heavy (non-hydrogen) atoms. The van der Waals surface area contributed by atoms with E-state index in [4.69, 9.17) is 10.2 Å². The molecule has 9 nitrogen and oxygen atoms in total. The number of carbonyl (C=O) groups excluding carboxylic acids is 1. The van der Waals surface area contributed by atoms with Gasteiger partial charge in [0.1, 0.15) is 18.3 Å². The van der Waals surface area contributed by atoms with Crippen LogP contribution < -0.4 is 5.32 Å². The van der Waals surface area contributed by atoms with E-state index in [1.165, 1.54) is 0 Å². The molecule has 1 amide bonds. The summed E-state index contributed by atoms with van der Waals surface area (Å²) >= 11 is 0. The van der Waals surface area contributed by atoms with E-state index in [2.05, 4.69) is 5.32 Å². The van der Waals surface area contributed by atoms with Crippen LogP contribution in [-0.4, -0.2) is 80.1 Å². The fourth-order valence-electron chi connectivity index (χ4n) is 2.61. The quantitative estimate of drug-likeness (QED) is 0.163. The largest absolute Gasteiger partial charge is 0.481 e. The first-order valence-electron chi connectivity index (χ1n) is 9.61. The molecule has 0 saturated heterocycles. The van der Waals surface area contributed by atoms with Gasteiger partial charge in [-0.2, -0.15) is 0 Å². The average molecular weight is 393 g/mol. The Balaban J connectivity index is 3.62. The normalized spacial score (nSPS) is 15.7. The summed E-state index contributed by atoms with van der Waals surface area (Å²) in [6.07, 6.45) is 1.48. The van der Waals surface area contributed by atoms with Gasteiger partial charge in [0, 0.05) is 19.4 Å². The van der Waals surface area contributed by atoms with Gasteiger partial charge in [-0.25, -0.2) is 0 Å². The molecule has 0 fully saturated rings. The number of nitrogens with one attached hydrogen (secondary N) is 1. The zero-order chi connectivity index (χ0) is 20.7. The maximum Gasteiger partial charge on any atom is 0.303 e. The Morgan fingerprint density at radius 2 is 1.15 bits per heavy atom. The van der Waals surface area contributed by atoms with Crippen molar-refractivity contribution in [2.24, 2.45) is 0 Å². The zero-order valence-corrected chi connectivity index (χ0v) is 15.8. The van der Waals surface area contributed by atoms with Crippen molar-refractivity contribution in [2.45, 2.75) is 88.6 Å². The number of rotatable bonds is 17. The highest BCUT2D eigenvalue weighted by Crippen LogP contribution is 2.11. The molecule has 0 aromatic carbocycles. The monoisotopic (exact) mass is 393 g/mol. The smallest absolute Gasteiger partial charge is 0.303 e. The van der Waals surface area contributed by atoms with Crippen molar-refractivity contribution in [1.29, 1.82) is 0 Å². The Bertz CT molecular complexity index is 407. The summed E-state index contributed by atoms with van der Waals surface area (Å²) in [6, 6.07) is 0. The van der Waals surface area contributed by atoms with Gasteiger partial charge in [0.2, 0.25) is 5.91 Å². The lowest BCUT2D eigenvalue weighted by Crippen LogP contribution is -2.49. The van der Waals surface area contributed by atoms with Gasteiger partial charge >= 0.3 is 5.97 Å². The Morgan fingerprint density at radius 3 is 1.63 bits per heavy atom. The molecule has 0 spiro atoms. The highest BCUT2D eigenvalue weighted by Gasteiger charge is 2.30. The number of amides is 1. The van der Waals surface area contributed by atoms with Gasteiger partial charge in [-0.05, 0) is 12.8 Å². The van der Waals surface area contributed by atoms with Crippen molar-refractivity contribution in [3.8, 4) is 0 Å². The van der Waals surface area contributed by atoms with Crippen LogP contribution in [0.5, 0.6) is 0 Å². The third-order valence-electron chi connectivity index (χ3n) is 4.38. The summed E-state index contributed by atoms with van der Waals surface area (Å²) in [6.45, 7) is -1.01. The summed E-state index contributed by atoms with van der Waals surface area (Å²) < 4.78 is 0. The molecule has 0 aliphatic rings. The Hall–Kier alpha value is -1.26. The summed E-state index contributed by atoms with van der Waals surface area (Å²) in [4.78, 5) is 22.0. The van der Waals surface area contributed by atoms with Gasteiger partial charge in [0.25, 0.3) is 0 Å². The molecule has 0 unspecified atom stereocenters. The fourth-order valence-corrected chi connectivity index (χ4v) is 2.61. The van der Waals surface area contributed by atoms with Gasteiger partial charge in [-0.1, -0.05) is 38.5 Å². The molecule has 0 aliphatic heterocycles. The predicted molar refractivity (Wildman–Crippen MR) is 97.9 cm³/mol. The van der Waals surface area contributed by atoms with Crippen LogP contribution in [0.4, 0.5) is 0 Å². The number of carboxylic acid groups (broad SMARTS) is 1. The summed E-state index contributed by atoms with van der Waals surface area (Å²) in [5, 5.41) is 57.7. The van der Waals surface area contributed by atoms with E-state index in [1.807, 2.05) is 0 Å².